The Hall–Kier alpha value is -1.09. The molecule has 1 heterocycles. The van der Waals surface area contributed by atoms with Crippen LogP contribution in [0.15, 0.2) is 12.3 Å². The van der Waals surface area contributed by atoms with Crippen LogP contribution in [0.2, 0.25) is 0 Å². The zero-order valence-corrected chi connectivity index (χ0v) is 10.5. The molecule has 1 aromatic rings. The average Bonchev–Trinajstić information content (AvgIpc) is 2.17. The number of rotatable bonds is 5. The number of unbranched alkanes of at least 4 members (excludes halogenated alkanes) is 2. The predicted molar refractivity (Wildman–Crippen MR) is 67.1 cm³/mol. The molecule has 0 fully saturated rings. The van der Waals surface area contributed by atoms with E-state index in [0.717, 1.165) is 36.8 Å². The minimum Gasteiger partial charge on any atom is -0.385 e. The number of nitrogens with zero attached hydrogens (tertiary/aromatic N) is 1. The lowest BCUT2D eigenvalue weighted by Crippen LogP contribution is -2.24. The summed E-state index contributed by atoms with van der Waals surface area (Å²) in [6.45, 7) is 5.93. The average molecular weight is 222 g/mol. The van der Waals surface area contributed by atoms with Gasteiger partial charge in [-0.25, -0.2) is 4.98 Å². The third-order valence-electron chi connectivity index (χ3n) is 2.99. The highest BCUT2D eigenvalue weighted by Crippen LogP contribution is 2.32. The molecule has 0 aliphatic carbocycles. The third kappa shape index (κ3) is 2.95. The molecular formula is C13H22N2O. The van der Waals surface area contributed by atoms with Crippen molar-refractivity contribution in [3.63, 3.8) is 0 Å². The molecule has 16 heavy (non-hydrogen) atoms. The molecular weight excluding hydrogens is 200 g/mol. The fourth-order valence-electron chi connectivity index (χ4n) is 2.12. The van der Waals surface area contributed by atoms with Gasteiger partial charge < -0.3 is 10.8 Å². The normalized spacial score (nSPS) is 14.8. The van der Waals surface area contributed by atoms with Crippen molar-refractivity contribution in [2.24, 2.45) is 0 Å². The van der Waals surface area contributed by atoms with E-state index in [0.29, 0.717) is 5.82 Å². The van der Waals surface area contributed by atoms with Gasteiger partial charge in [0.15, 0.2) is 0 Å². The maximum Gasteiger partial charge on any atom is 0.129 e. The zero-order chi connectivity index (χ0) is 12.2. The summed E-state index contributed by atoms with van der Waals surface area (Å²) in [6.07, 6.45) is 5.71. The summed E-state index contributed by atoms with van der Waals surface area (Å²) >= 11 is 0. The second-order valence-electron chi connectivity index (χ2n) is 4.62. The van der Waals surface area contributed by atoms with Gasteiger partial charge in [0.1, 0.15) is 5.82 Å². The molecule has 1 rings (SSSR count). The number of anilines is 1. The molecule has 1 atom stereocenters. The van der Waals surface area contributed by atoms with Crippen molar-refractivity contribution >= 4 is 5.82 Å². The van der Waals surface area contributed by atoms with Crippen LogP contribution >= 0.6 is 0 Å². The van der Waals surface area contributed by atoms with Crippen LogP contribution in [0.25, 0.3) is 0 Å². The van der Waals surface area contributed by atoms with Crippen LogP contribution in [0.5, 0.6) is 0 Å². The lowest BCUT2D eigenvalue weighted by Gasteiger charge is -2.26. The Morgan fingerprint density at radius 1 is 1.44 bits per heavy atom. The molecule has 3 heteroatoms. The van der Waals surface area contributed by atoms with Crippen molar-refractivity contribution in [1.82, 2.24) is 4.98 Å². The first-order valence-corrected chi connectivity index (χ1v) is 5.93. The Bertz CT molecular complexity index is 328. The van der Waals surface area contributed by atoms with Gasteiger partial charge in [0, 0.05) is 11.8 Å². The van der Waals surface area contributed by atoms with Crippen molar-refractivity contribution in [1.29, 1.82) is 0 Å². The van der Waals surface area contributed by atoms with Crippen LogP contribution in [-0.4, -0.2) is 10.1 Å². The number of nitrogen functional groups attached to an aromatic ring is 1. The van der Waals surface area contributed by atoms with Gasteiger partial charge in [0.25, 0.3) is 0 Å². The summed E-state index contributed by atoms with van der Waals surface area (Å²) in [4.78, 5) is 4.05. The number of aliphatic hydroxyl groups is 1. The molecule has 0 aliphatic heterocycles. The lowest BCUT2D eigenvalue weighted by atomic mass is 9.88. The van der Waals surface area contributed by atoms with Crippen molar-refractivity contribution in [3.8, 4) is 0 Å². The van der Waals surface area contributed by atoms with Crippen molar-refractivity contribution in [2.45, 2.75) is 52.1 Å². The summed E-state index contributed by atoms with van der Waals surface area (Å²) in [7, 11) is 0. The molecule has 0 saturated heterocycles. The molecule has 1 unspecified atom stereocenters. The maximum atomic E-state index is 10.5. The van der Waals surface area contributed by atoms with Gasteiger partial charge in [-0.1, -0.05) is 26.2 Å². The quantitative estimate of drug-likeness (QED) is 0.753. The molecule has 0 aliphatic rings. The van der Waals surface area contributed by atoms with E-state index in [9.17, 15) is 5.11 Å². The molecule has 0 spiro atoms. The van der Waals surface area contributed by atoms with E-state index in [-0.39, 0.29) is 0 Å². The SMILES string of the molecule is CCCCCC(C)(O)c1c(C)ccnc1N. The Morgan fingerprint density at radius 2 is 2.12 bits per heavy atom. The third-order valence-corrected chi connectivity index (χ3v) is 2.99. The molecule has 0 radical (unpaired) electrons. The summed E-state index contributed by atoms with van der Waals surface area (Å²) in [5.74, 6) is 0.446. The molecule has 0 saturated carbocycles. The number of hydrogen-bond acceptors (Lipinski definition) is 3. The standard InChI is InChI=1S/C13H22N2O/c1-4-5-6-8-13(3,16)11-10(2)7-9-15-12(11)14/h7,9,16H,4-6,8H2,1-3H3,(H2,14,15). The summed E-state index contributed by atoms with van der Waals surface area (Å²) in [5, 5.41) is 10.5. The van der Waals surface area contributed by atoms with Gasteiger partial charge >= 0.3 is 0 Å². The minimum atomic E-state index is -0.863. The topological polar surface area (TPSA) is 59.1 Å². The monoisotopic (exact) mass is 222 g/mol. The number of hydrogen-bond donors (Lipinski definition) is 2. The molecule has 0 bridgehead atoms. The van der Waals surface area contributed by atoms with Crippen LogP contribution in [0.3, 0.4) is 0 Å². The predicted octanol–water partition coefficient (Wildman–Crippen LogP) is 2.76. The number of nitrogens with two attached hydrogens (primary N) is 1. The summed E-state index contributed by atoms with van der Waals surface area (Å²) < 4.78 is 0. The zero-order valence-electron chi connectivity index (χ0n) is 10.5. The minimum absolute atomic E-state index is 0.446. The number of aryl methyl sites for hydroxylation is 1. The molecule has 1 aromatic heterocycles. The molecule has 90 valence electrons. The highest BCUT2D eigenvalue weighted by Gasteiger charge is 2.27. The second-order valence-corrected chi connectivity index (χ2v) is 4.62. The maximum absolute atomic E-state index is 10.5. The van der Waals surface area contributed by atoms with Crippen LogP contribution in [0.1, 0.15) is 50.7 Å². The first-order chi connectivity index (χ1) is 7.49. The molecule has 3 N–H and O–H groups in total. The van der Waals surface area contributed by atoms with Gasteiger partial charge in [-0.3, -0.25) is 0 Å². The summed E-state index contributed by atoms with van der Waals surface area (Å²) in [6, 6.07) is 1.89. The number of pyridine rings is 1. The van der Waals surface area contributed by atoms with Gasteiger partial charge in [0.2, 0.25) is 0 Å². The van der Waals surface area contributed by atoms with Crippen LogP contribution < -0.4 is 5.73 Å². The largest absolute Gasteiger partial charge is 0.385 e. The first kappa shape index (κ1) is 13.0. The molecule has 3 nitrogen and oxygen atoms in total. The van der Waals surface area contributed by atoms with Gasteiger partial charge in [0.05, 0.1) is 5.60 Å². The highest BCUT2D eigenvalue weighted by molar-refractivity contribution is 5.47. The fraction of sp³-hybridized carbons (Fsp3) is 0.615. The van der Waals surface area contributed by atoms with Crippen molar-refractivity contribution in [3.05, 3.63) is 23.4 Å². The van der Waals surface area contributed by atoms with E-state index in [1.807, 2.05) is 19.9 Å². The van der Waals surface area contributed by atoms with E-state index in [4.69, 9.17) is 5.73 Å². The Balaban J connectivity index is 2.88. The van der Waals surface area contributed by atoms with Crippen molar-refractivity contribution in [2.75, 3.05) is 5.73 Å². The van der Waals surface area contributed by atoms with Gasteiger partial charge in [-0.15, -0.1) is 0 Å². The van der Waals surface area contributed by atoms with Gasteiger partial charge in [-0.05, 0) is 31.9 Å². The first-order valence-electron chi connectivity index (χ1n) is 5.93. The smallest absolute Gasteiger partial charge is 0.129 e. The van der Waals surface area contributed by atoms with E-state index in [1.165, 1.54) is 0 Å². The van der Waals surface area contributed by atoms with Crippen LogP contribution in [-0.2, 0) is 5.60 Å². The molecule has 0 aromatic carbocycles. The Kier molecular flexibility index (Phi) is 4.30. The van der Waals surface area contributed by atoms with E-state index < -0.39 is 5.60 Å². The van der Waals surface area contributed by atoms with E-state index in [1.54, 1.807) is 6.20 Å². The fourth-order valence-corrected chi connectivity index (χ4v) is 2.12. The van der Waals surface area contributed by atoms with Crippen LogP contribution in [0.4, 0.5) is 5.82 Å². The number of aromatic nitrogens is 1. The molecule has 0 amide bonds. The summed E-state index contributed by atoms with van der Waals surface area (Å²) in [5.41, 5.74) is 6.77. The van der Waals surface area contributed by atoms with E-state index >= 15 is 0 Å². The van der Waals surface area contributed by atoms with Crippen LogP contribution in [0, 0.1) is 6.92 Å². The van der Waals surface area contributed by atoms with Crippen molar-refractivity contribution < 1.29 is 5.11 Å². The Morgan fingerprint density at radius 3 is 2.69 bits per heavy atom. The van der Waals surface area contributed by atoms with Gasteiger partial charge in [-0.2, -0.15) is 0 Å². The second kappa shape index (κ2) is 5.30. The highest BCUT2D eigenvalue weighted by atomic mass is 16.3. The lowest BCUT2D eigenvalue weighted by molar-refractivity contribution is 0.0448. The Labute approximate surface area is 97.7 Å². The van der Waals surface area contributed by atoms with E-state index in [2.05, 4.69) is 11.9 Å².